The smallest absolute Gasteiger partial charge is 0.464 e. The molecule has 0 heterocycles. The first kappa shape index (κ1) is 67.0. The van der Waals surface area contributed by atoms with Crippen LogP contribution in [0.2, 0.25) is 0 Å². The average molecular weight is 1100 g/mol. The predicted molar refractivity (Wildman–Crippen MR) is 286 cm³/mol. The van der Waals surface area contributed by atoms with Gasteiger partial charge in [0.05, 0.1) is 64.1 Å². The summed E-state index contributed by atoms with van der Waals surface area (Å²) in [6.07, 6.45) is -0.362. The van der Waals surface area contributed by atoms with E-state index in [1.54, 1.807) is 7.11 Å². The minimum Gasteiger partial charge on any atom is -0.464 e. The fourth-order valence-electron chi connectivity index (χ4n) is 6.57. The fourth-order valence-corrected chi connectivity index (χ4v) is 6.57. The van der Waals surface area contributed by atoms with Gasteiger partial charge in [-0.25, -0.2) is 20.2 Å². The molecular formula is C52H81N9O17. The number of nitro benzene ring substituents is 2. The van der Waals surface area contributed by atoms with Crippen molar-refractivity contribution >= 4 is 41.3 Å². The molecule has 0 saturated heterocycles. The van der Waals surface area contributed by atoms with E-state index in [0.717, 1.165) is 18.6 Å². The number of nitrogens with two attached hydrogens (primary N) is 3. The van der Waals surface area contributed by atoms with Crippen LogP contribution in [-0.4, -0.2) is 132 Å². The molecule has 2 aromatic carbocycles. The van der Waals surface area contributed by atoms with Crippen molar-refractivity contribution in [2.24, 2.45) is 23.2 Å². The molecule has 2 atom stereocenters. The van der Waals surface area contributed by atoms with Gasteiger partial charge in [-0.15, -0.1) is 0 Å². The van der Waals surface area contributed by atoms with E-state index in [9.17, 15) is 44.2 Å². The van der Waals surface area contributed by atoms with Crippen LogP contribution in [0.15, 0.2) is 60.2 Å². The van der Waals surface area contributed by atoms with Gasteiger partial charge in [0, 0.05) is 73.9 Å². The topological polar surface area (TPSA) is 363 Å². The number of ether oxygens (including phenoxy) is 8. The Labute approximate surface area is 455 Å². The lowest BCUT2D eigenvalue weighted by atomic mass is 10.0. The number of carbonyl (C=O) groups is 5. The first-order valence-corrected chi connectivity index (χ1v) is 25.2. The molecule has 2 aromatic rings. The third kappa shape index (κ3) is 24.0. The predicted octanol–water partition coefficient (Wildman–Crippen LogP) is 5.29. The Balaban J connectivity index is 2.05. The quantitative estimate of drug-likeness (QED) is 0.0170. The second kappa shape index (κ2) is 30.7. The summed E-state index contributed by atoms with van der Waals surface area (Å²) in [7, 11) is 1.60. The third-order valence-electron chi connectivity index (χ3n) is 11.5. The second-order valence-corrected chi connectivity index (χ2v) is 20.9. The molecule has 0 saturated carbocycles. The van der Waals surface area contributed by atoms with Gasteiger partial charge in [-0.2, -0.15) is 0 Å². The highest BCUT2D eigenvalue weighted by molar-refractivity contribution is 5.95. The number of hydrogen-bond acceptors (Lipinski definition) is 22. The van der Waals surface area contributed by atoms with Gasteiger partial charge >= 0.3 is 18.1 Å². The monoisotopic (exact) mass is 1100 g/mol. The van der Waals surface area contributed by atoms with Crippen molar-refractivity contribution in [1.29, 1.82) is 0 Å². The highest BCUT2D eigenvalue weighted by Gasteiger charge is 2.44. The van der Waals surface area contributed by atoms with Crippen LogP contribution >= 0.6 is 0 Å². The van der Waals surface area contributed by atoms with Gasteiger partial charge in [0.1, 0.15) is 18.8 Å². The van der Waals surface area contributed by atoms with Gasteiger partial charge in [-0.3, -0.25) is 29.8 Å². The summed E-state index contributed by atoms with van der Waals surface area (Å²) in [5.74, 6) is 3.08. The largest absolute Gasteiger partial charge is 0.509 e. The Morgan fingerprint density at radius 3 is 1.79 bits per heavy atom. The van der Waals surface area contributed by atoms with Gasteiger partial charge in [0.2, 0.25) is 0 Å². The average Bonchev–Trinajstić information content (AvgIpc) is 3.35. The van der Waals surface area contributed by atoms with Crippen molar-refractivity contribution in [1.82, 2.24) is 21.0 Å². The van der Waals surface area contributed by atoms with E-state index in [4.69, 9.17) is 55.2 Å². The number of rotatable bonds is 34. The zero-order valence-corrected chi connectivity index (χ0v) is 47.1. The van der Waals surface area contributed by atoms with Crippen LogP contribution < -0.4 is 33.3 Å². The number of hydrazine groups is 1. The number of nitrogens with zero attached hydrogens (tertiary/aromatic N) is 3. The molecule has 26 nitrogen and oxygen atoms in total. The van der Waals surface area contributed by atoms with Crippen LogP contribution in [0.4, 0.5) is 16.2 Å². The first-order valence-electron chi connectivity index (χ1n) is 25.2. The Bertz CT molecular complexity index is 2440. The number of benzene rings is 2. The molecule has 0 aliphatic carbocycles. The zero-order valence-electron chi connectivity index (χ0n) is 47.1. The third-order valence-corrected chi connectivity index (χ3v) is 11.5. The molecule has 0 aromatic heterocycles. The maximum Gasteiger partial charge on any atom is 0.509 e. The summed E-state index contributed by atoms with van der Waals surface area (Å²) >= 11 is 0. The SMILES string of the molecule is CCOC(=O)C(OC(C)C(=O)OCc1ccc(C(=O)NC/C(N)=C/NCC(C)(C)OCCC(C)C)cc1[N+](=O)[O-])C(C)(C)OC(=O)OCc1ccc(C(=O)NC/C(N)=C/N(N)CCC(C)(C)OCC(C)(C)OC)cc1[N+](=O)[O-]. The van der Waals surface area contributed by atoms with E-state index in [2.05, 4.69) is 29.8 Å². The van der Waals surface area contributed by atoms with Crippen LogP contribution in [0.5, 0.6) is 0 Å². The summed E-state index contributed by atoms with van der Waals surface area (Å²) < 4.78 is 44.0. The molecule has 0 aliphatic rings. The highest BCUT2D eigenvalue weighted by atomic mass is 16.7. The molecule has 2 rings (SSSR count). The van der Waals surface area contributed by atoms with Crippen molar-refractivity contribution in [3.05, 3.63) is 103 Å². The van der Waals surface area contributed by atoms with Crippen molar-refractivity contribution in [3.63, 3.8) is 0 Å². The van der Waals surface area contributed by atoms with Gasteiger partial charge in [-0.1, -0.05) is 13.8 Å². The molecule has 2 amide bonds. The Kier molecular flexibility index (Phi) is 26.4. The number of nitrogens with one attached hydrogen (secondary N) is 3. The van der Waals surface area contributed by atoms with Crippen LogP contribution in [0.3, 0.4) is 0 Å². The summed E-state index contributed by atoms with van der Waals surface area (Å²) in [5.41, 5.74) is 7.68. The number of hydrogen-bond donors (Lipinski definition) is 6. The second-order valence-electron chi connectivity index (χ2n) is 20.9. The van der Waals surface area contributed by atoms with Crippen LogP contribution in [-0.2, 0) is 60.7 Å². The normalized spacial score (nSPS) is 13.2. The number of esters is 2. The molecule has 26 heteroatoms. The van der Waals surface area contributed by atoms with Crippen molar-refractivity contribution in [2.75, 3.05) is 53.1 Å². The Morgan fingerprint density at radius 1 is 0.744 bits per heavy atom. The van der Waals surface area contributed by atoms with Gasteiger partial charge < -0.3 is 70.3 Å². The molecule has 436 valence electrons. The van der Waals surface area contributed by atoms with Gasteiger partial charge in [-0.05, 0) is 112 Å². The van der Waals surface area contributed by atoms with Crippen molar-refractivity contribution in [3.8, 4) is 0 Å². The van der Waals surface area contributed by atoms with E-state index in [-0.39, 0.29) is 53.3 Å². The standard InChI is InChI=1S/C52H81N9O17/c1-14-72-47(65)43(77-34(4)46(64)73-29-37-17-15-35(23-41(37)60(67)68)44(62)57-26-39(53)25-56-31-50(7,8)75-22-19-33(2)3)52(11,12)78-48(66)74-30-38-18-16-36(24-42(38)61(69)70)45(63)58-27-40(54)28-59(55)21-20-49(5,6)76-32-51(9,10)71-13/h15-18,23-25,28,33-34,43,56H,14,19-22,26-27,29-32,53-55H2,1-13H3,(H,57,62)(H,58,63)/b39-25-,40-28-. The van der Waals surface area contributed by atoms with Crippen LogP contribution in [0, 0.1) is 26.1 Å². The molecular weight excluding hydrogens is 1020 g/mol. The molecule has 0 bridgehead atoms. The lowest BCUT2D eigenvalue weighted by Crippen LogP contribution is -2.50. The summed E-state index contributed by atoms with van der Waals surface area (Å²) in [4.78, 5) is 88.0. The molecule has 0 radical (unpaired) electrons. The minimum atomic E-state index is -1.93. The fraction of sp³-hybridized carbons (Fsp3) is 0.596. The maximum absolute atomic E-state index is 13.2. The molecule has 0 fully saturated rings. The van der Waals surface area contributed by atoms with E-state index in [0.29, 0.717) is 38.6 Å². The molecule has 0 aliphatic heterocycles. The Morgan fingerprint density at radius 2 is 1.28 bits per heavy atom. The lowest BCUT2D eigenvalue weighted by molar-refractivity contribution is -0.386. The highest BCUT2D eigenvalue weighted by Crippen LogP contribution is 2.27. The van der Waals surface area contributed by atoms with Gasteiger partial charge in [0.25, 0.3) is 23.2 Å². The maximum atomic E-state index is 13.2. The molecule has 2 unspecified atom stereocenters. The van der Waals surface area contributed by atoms with E-state index in [1.165, 1.54) is 69.4 Å². The lowest BCUT2D eigenvalue weighted by Gasteiger charge is -2.32. The molecule has 78 heavy (non-hydrogen) atoms. The summed E-state index contributed by atoms with van der Waals surface area (Å²) in [6, 6.07) is 6.98. The number of carbonyl (C=O) groups excluding carboxylic acids is 5. The van der Waals surface area contributed by atoms with Crippen LogP contribution in [0.25, 0.3) is 0 Å². The number of nitro groups is 2. The minimum absolute atomic E-state index is 0.0727. The molecule has 0 spiro atoms. The van der Waals surface area contributed by atoms with Crippen LogP contribution in [0.1, 0.15) is 128 Å². The molecule has 9 N–H and O–H groups in total. The van der Waals surface area contributed by atoms with E-state index in [1.807, 2.05) is 41.5 Å². The van der Waals surface area contributed by atoms with E-state index < -0.39 is 99.0 Å². The summed E-state index contributed by atoms with van der Waals surface area (Å²) in [6.45, 7) is 20.9. The summed E-state index contributed by atoms with van der Waals surface area (Å²) in [5, 5.41) is 33.7. The van der Waals surface area contributed by atoms with Gasteiger partial charge in [0.15, 0.2) is 12.2 Å². The van der Waals surface area contributed by atoms with Crippen molar-refractivity contribution in [2.45, 2.75) is 144 Å². The zero-order chi connectivity index (χ0) is 59.2. The Hall–Kier alpha value is -7.13. The first-order chi connectivity index (χ1) is 36.2. The van der Waals surface area contributed by atoms with Crippen molar-refractivity contribution < 1.29 is 71.7 Å². The van der Waals surface area contributed by atoms with E-state index >= 15 is 0 Å². The number of methoxy groups -OCH3 is 1. The number of amides is 2.